The topological polar surface area (TPSA) is 39.3 Å². The Kier molecular flexibility index (Phi) is 5.77. The van der Waals surface area contributed by atoms with Crippen molar-refractivity contribution < 1.29 is 5.11 Å². The number of para-hydroxylation sites is 2. The standard InChI is InChI=1S/C20H22N2O.C2H6/c23-20-10-4-1-6-16(20)14-22-11-5-7-15(13-22)18-12-21-19-9-3-2-8-17(18)19;1-2/h1-4,6,8-10,12,15,21,23H,5,7,11,13-14H2;1-2H3. The van der Waals surface area contributed by atoms with Crippen molar-refractivity contribution in [3.8, 4) is 5.75 Å². The van der Waals surface area contributed by atoms with Crippen molar-refractivity contribution in [2.45, 2.75) is 39.2 Å². The molecule has 2 aromatic carbocycles. The molecule has 1 unspecified atom stereocenters. The molecule has 3 nitrogen and oxygen atoms in total. The van der Waals surface area contributed by atoms with Gasteiger partial charge in [0.25, 0.3) is 0 Å². The maximum Gasteiger partial charge on any atom is 0.120 e. The number of nitrogens with zero attached hydrogens (tertiary/aromatic N) is 1. The Morgan fingerprint density at radius 2 is 1.84 bits per heavy atom. The normalized spacial score (nSPS) is 17.9. The molecule has 2 N–H and O–H groups in total. The number of likely N-dealkylation sites (tertiary alicyclic amines) is 1. The Bertz CT molecular complexity index is 808. The van der Waals surface area contributed by atoms with E-state index < -0.39 is 0 Å². The van der Waals surface area contributed by atoms with Gasteiger partial charge in [-0.1, -0.05) is 50.2 Å². The zero-order valence-electron chi connectivity index (χ0n) is 15.2. The molecule has 2 heterocycles. The van der Waals surface area contributed by atoms with Crippen molar-refractivity contribution >= 4 is 10.9 Å². The van der Waals surface area contributed by atoms with Crippen molar-refractivity contribution in [2.75, 3.05) is 13.1 Å². The van der Waals surface area contributed by atoms with Gasteiger partial charge in [0, 0.05) is 35.8 Å². The zero-order valence-corrected chi connectivity index (χ0v) is 15.2. The molecule has 1 saturated heterocycles. The summed E-state index contributed by atoms with van der Waals surface area (Å²) in [6.45, 7) is 6.98. The number of aromatic amines is 1. The lowest BCUT2D eigenvalue weighted by Gasteiger charge is -2.32. The van der Waals surface area contributed by atoms with Gasteiger partial charge >= 0.3 is 0 Å². The van der Waals surface area contributed by atoms with Gasteiger partial charge in [-0.15, -0.1) is 0 Å². The summed E-state index contributed by atoms with van der Waals surface area (Å²) in [6.07, 6.45) is 4.62. The van der Waals surface area contributed by atoms with E-state index in [4.69, 9.17) is 0 Å². The average Bonchev–Trinajstić information content (AvgIpc) is 3.10. The lowest BCUT2D eigenvalue weighted by Crippen LogP contribution is -2.33. The predicted molar refractivity (Wildman–Crippen MR) is 105 cm³/mol. The first-order valence-electron chi connectivity index (χ1n) is 9.36. The van der Waals surface area contributed by atoms with E-state index in [0.29, 0.717) is 11.7 Å². The van der Waals surface area contributed by atoms with Crippen LogP contribution < -0.4 is 0 Å². The Morgan fingerprint density at radius 3 is 2.68 bits per heavy atom. The Morgan fingerprint density at radius 1 is 1.08 bits per heavy atom. The third kappa shape index (κ3) is 3.88. The van der Waals surface area contributed by atoms with Crippen LogP contribution in [0.2, 0.25) is 0 Å². The second kappa shape index (κ2) is 8.21. The summed E-state index contributed by atoms with van der Waals surface area (Å²) in [6, 6.07) is 16.2. The first-order valence-corrected chi connectivity index (χ1v) is 9.36. The fraction of sp³-hybridized carbons (Fsp3) is 0.364. The number of H-pyrrole nitrogens is 1. The van der Waals surface area contributed by atoms with Crippen molar-refractivity contribution in [3.63, 3.8) is 0 Å². The molecule has 1 fully saturated rings. The average molecular weight is 336 g/mol. The third-order valence-electron chi connectivity index (χ3n) is 4.95. The van der Waals surface area contributed by atoms with E-state index in [2.05, 4.69) is 40.3 Å². The van der Waals surface area contributed by atoms with E-state index in [1.165, 1.54) is 29.3 Å². The van der Waals surface area contributed by atoms with Crippen LogP contribution in [0.4, 0.5) is 0 Å². The number of phenolic OH excluding ortho intramolecular Hbond substituents is 1. The minimum atomic E-state index is 0.404. The molecule has 1 atom stereocenters. The first kappa shape index (κ1) is 17.6. The highest BCUT2D eigenvalue weighted by atomic mass is 16.3. The molecule has 1 aliphatic heterocycles. The highest BCUT2D eigenvalue weighted by Gasteiger charge is 2.23. The third-order valence-corrected chi connectivity index (χ3v) is 4.95. The van der Waals surface area contributed by atoms with E-state index in [1.54, 1.807) is 6.07 Å². The maximum atomic E-state index is 10.0. The number of aromatic hydroxyl groups is 1. The van der Waals surface area contributed by atoms with Crippen molar-refractivity contribution in [1.29, 1.82) is 0 Å². The molecule has 0 amide bonds. The van der Waals surface area contributed by atoms with Gasteiger partial charge in [0.05, 0.1) is 0 Å². The van der Waals surface area contributed by atoms with E-state index in [1.807, 2.05) is 32.0 Å². The van der Waals surface area contributed by atoms with Gasteiger partial charge in [0.15, 0.2) is 0 Å². The molecule has 0 bridgehead atoms. The summed E-state index contributed by atoms with van der Waals surface area (Å²) in [7, 11) is 0. The van der Waals surface area contributed by atoms with E-state index in [9.17, 15) is 5.11 Å². The number of nitrogens with one attached hydrogen (secondary N) is 1. The molecule has 1 aromatic heterocycles. The quantitative estimate of drug-likeness (QED) is 0.683. The van der Waals surface area contributed by atoms with Crippen molar-refractivity contribution in [2.24, 2.45) is 0 Å². The molecule has 4 rings (SSSR count). The van der Waals surface area contributed by atoms with Crippen LogP contribution in [0.3, 0.4) is 0 Å². The van der Waals surface area contributed by atoms with Gasteiger partial charge < -0.3 is 10.1 Å². The lowest BCUT2D eigenvalue weighted by molar-refractivity contribution is 0.199. The predicted octanol–water partition coefficient (Wildman–Crippen LogP) is 5.28. The van der Waals surface area contributed by atoms with E-state index >= 15 is 0 Å². The Balaban J connectivity index is 0.000000880. The Labute approximate surface area is 150 Å². The number of aromatic nitrogens is 1. The van der Waals surface area contributed by atoms with Gasteiger partial charge in [-0.2, -0.15) is 0 Å². The van der Waals surface area contributed by atoms with E-state index in [0.717, 1.165) is 25.2 Å². The van der Waals surface area contributed by atoms with Crippen LogP contribution in [0.1, 0.15) is 43.7 Å². The summed E-state index contributed by atoms with van der Waals surface area (Å²) in [4.78, 5) is 5.86. The highest BCUT2D eigenvalue weighted by Crippen LogP contribution is 2.33. The molecule has 25 heavy (non-hydrogen) atoms. The second-order valence-corrected chi connectivity index (χ2v) is 6.49. The SMILES string of the molecule is CC.Oc1ccccc1CN1CCCC(c2c[nH]c3ccccc23)C1. The number of rotatable bonds is 3. The van der Waals surface area contributed by atoms with Gasteiger partial charge in [-0.25, -0.2) is 0 Å². The maximum absolute atomic E-state index is 10.0. The summed E-state index contributed by atoms with van der Waals surface area (Å²) in [5.74, 6) is 0.965. The molecular formula is C22H28N2O. The van der Waals surface area contributed by atoms with Gasteiger partial charge in [-0.3, -0.25) is 4.90 Å². The summed E-state index contributed by atoms with van der Waals surface area (Å²) in [5, 5.41) is 11.3. The van der Waals surface area contributed by atoms with Gasteiger partial charge in [-0.05, 0) is 43.0 Å². The number of benzene rings is 2. The van der Waals surface area contributed by atoms with Crippen LogP contribution >= 0.6 is 0 Å². The number of hydrogen-bond acceptors (Lipinski definition) is 2. The molecule has 132 valence electrons. The fourth-order valence-corrected chi connectivity index (χ4v) is 3.77. The molecule has 0 aliphatic carbocycles. The molecule has 3 aromatic rings. The highest BCUT2D eigenvalue weighted by molar-refractivity contribution is 5.83. The summed E-state index contributed by atoms with van der Waals surface area (Å²) in [5.41, 5.74) is 3.68. The summed E-state index contributed by atoms with van der Waals surface area (Å²) < 4.78 is 0. The van der Waals surface area contributed by atoms with Gasteiger partial charge in [0.1, 0.15) is 5.75 Å². The largest absolute Gasteiger partial charge is 0.508 e. The second-order valence-electron chi connectivity index (χ2n) is 6.49. The molecule has 0 spiro atoms. The number of fused-ring (bicyclic) bond motifs is 1. The van der Waals surface area contributed by atoms with E-state index in [-0.39, 0.29) is 0 Å². The number of phenols is 1. The zero-order chi connectivity index (χ0) is 17.6. The van der Waals surface area contributed by atoms with Crippen LogP contribution in [0.5, 0.6) is 5.75 Å². The summed E-state index contributed by atoms with van der Waals surface area (Å²) >= 11 is 0. The number of piperidine rings is 1. The Hall–Kier alpha value is -2.26. The number of hydrogen-bond donors (Lipinski definition) is 2. The molecule has 0 radical (unpaired) electrons. The van der Waals surface area contributed by atoms with Crippen molar-refractivity contribution in [1.82, 2.24) is 9.88 Å². The van der Waals surface area contributed by atoms with Crippen LogP contribution in [0, 0.1) is 0 Å². The molecule has 1 aliphatic rings. The first-order chi connectivity index (χ1) is 12.3. The van der Waals surface area contributed by atoms with Crippen molar-refractivity contribution in [3.05, 3.63) is 65.9 Å². The lowest BCUT2D eigenvalue weighted by atomic mass is 9.90. The van der Waals surface area contributed by atoms with Crippen LogP contribution in [0.15, 0.2) is 54.7 Å². The van der Waals surface area contributed by atoms with Gasteiger partial charge in [0.2, 0.25) is 0 Å². The molecule has 0 saturated carbocycles. The minimum absolute atomic E-state index is 0.404. The smallest absolute Gasteiger partial charge is 0.120 e. The van der Waals surface area contributed by atoms with Crippen LogP contribution in [-0.4, -0.2) is 28.1 Å². The minimum Gasteiger partial charge on any atom is -0.508 e. The molecule has 3 heteroatoms. The van der Waals surface area contributed by atoms with Crippen LogP contribution in [-0.2, 0) is 6.54 Å². The molecular weight excluding hydrogens is 308 g/mol. The fourth-order valence-electron chi connectivity index (χ4n) is 3.77. The van der Waals surface area contributed by atoms with Crippen LogP contribution in [0.25, 0.3) is 10.9 Å². The monoisotopic (exact) mass is 336 g/mol.